The molecule has 3 rings (SSSR count). The molecular formula is C32H40F2N4O6. The molecule has 2 amide bonds. The van der Waals surface area contributed by atoms with Gasteiger partial charge in [0.25, 0.3) is 0 Å². The monoisotopic (exact) mass is 614 g/mol. The molecule has 1 aromatic heterocycles. The molecule has 2 atom stereocenters. The van der Waals surface area contributed by atoms with Gasteiger partial charge in [0.2, 0.25) is 5.91 Å². The molecular weight excluding hydrogens is 574 g/mol. The Morgan fingerprint density at radius 3 is 2.27 bits per heavy atom. The van der Waals surface area contributed by atoms with E-state index in [2.05, 4.69) is 10.4 Å². The molecule has 238 valence electrons. The number of benzene rings is 2. The van der Waals surface area contributed by atoms with Crippen LogP contribution in [0.15, 0.2) is 54.7 Å². The predicted molar refractivity (Wildman–Crippen MR) is 159 cm³/mol. The number of halogens is 2. The number of hydrogen-bond donors (Lipinski definition) is 3. The van der Waals surface area contributed by atoms with Crippen LogP contribution in [0.1, 0.15) is 70.8 Å². The van der Waals surface area contributed by atoms with Crippen molar-refractivity contribution < 1.29 is 38.1 Å². The van der Waals surface area contributed by atoms with E-state index >= 15 is 0 Å². The Labute approximate surface area is 255 Å². The van der Waals surface area contributed by atoms with Crippen LogP contribution in [0.5, 0.6) is 0 Å². The third-order valence-electron chi connectivity index (χ3n) is 6.72. The lowest BCUT2D eigenvalue weighted by Gasteiger charge is -2.40. The molecule has 0 aliphatic rings. The van der Waals surface area contributed by atoms with Gasteiger partial charge in [-0.05, 0) is 50.3 Å². The Kier molecular flexibility index (Phi) is 10.9. The quantitative estimate of drug-likeness (QED) is 0.276. The van der Waals surface area contributed by atoms with Crippen molar-refractivity contribution in [3.05, 3.63) is 83.2 Å². The van der Waals surface area contributed by atoms with Crippen LogP contribution in [-0.4, -0.2) is 67.7 Å². The summed E-state index contributed by atoms with van der Waals surface area (Å²) in [7, 11) is 0. The van der Waals surface area contributed by atoms with Gasteiger partial charge in [-0.3, -0.25) is 4.79 Å². The molecule has 10 nitrogen and oxygen atoms in total. The van der Waals surface area contributed by atoms with Crippen LogP contribution in [0.25, 0.3) is 5.69 Å². The smallest absolute Gasteiger partial charge is 0.408 e. The molecule has 0 aliphatic carbocycles. The van der Waals surface area contributed by atoms with Crippen molar-refractivity contribution >= 4 is 18.0 Å². The van der Waals surface area contributed by atoms with Crippen LogP contribution >= 0.6 is 0 Å². The lowest BCUT2D eigenvalue weighted by molar-refractivity contribution is -0.143. The van der Waals surface area contributed by atoms with Crippen molar-refractivity contribution in [1.29, 1.82) is 0 Å². The van der Waals surface area contributed by atoms with Crippen LogP contribution < -0.4 is 5.32 Å². The number of carboxylic acid groups (broad SMARTS) is 1. The first-order valence-electron chi connectivity index (χ1n) is 14.2. The fourth-order valence-corrected chi connectivity index (χ4v) is 4.93. The summed E-state index contributed by atoms with van der Waals surface area (Å²) in [6.45, 7) is 9.44. The van der Waals surface area contributed by atoms with E-state index in [4.69, 9.17) is 4.74 Å². The summed E-state index contributed by atoms with van der Waals surface area (Å²) in [6.07, 6.45) is 0.664. The number of carboxylic acids is 1. The second-order valence-electron chi connectivity index (χ2n) is 12.6. The maximum absolute atomic E-state index is 14.9. The average Bonchev–Trinajstić information content (AvgIpc) is 3.32. The summed E-state index contributed by atoms with van der Waals surface area (Å²) in [4.78, 5) is 39.0. The number of nitrogens with zero attached hydrogens (tertiary/aromatic N) is 3. The summed E-state index contributed by atoms with van der Waals surface area (Å²) in [5, 5.41) is 26.7. The Bertz CT molecular complexity index is 1460. The summed E-state index contributed by atoms with van der Waals surface area (Å²) >= 11 is 0. The highest BCUT2D eigenvalue weighted by molar-refractivity contribution is 5.80. The van der Waals surface area contributed by atoms with E-state index in [1.54, 1.807) is 20.8 Å². The molecule has 2 aromatic carbocycles. The lowest BCUT2D eigenvalue weighted by atomic mass is 9.80. The molecule has 0 aliphatic heterocycles. The molecule has 12 heteroatoms. The highest BCUT2D eigenvalue weighted by atomic mass is 19.1. The fraction of sp³-hybridized carbons (Fsp3) is 0.438. The number of rotatable bonds is 11. The highest BCUT2D eigenvalue weighted by Crippen LogP contribution is 2.40. The number of ether oxygens (including phenoxy) is 1. The number of carbonyl (C=O) groups is 3. The minimum Gasteiger partial charge on any atom is -0.480 e. The second kappa shape index (κ2) is 14.0. The number of amides is 2. The third-order valence-corrected chi connectivity index (χ3v) is 6.72. The number of carbonyl (C=O) groups excluding carboxylic acids is 2. The molecule has 1 heterocycles. The van der Waals surface area contributed by atoms with Gasteiger partial charge in [0.1, 0.15) is 35.6 Å². The SMILES string of the molecule is CC(C)(C)OC(=O)N[C@@H](CCN(C(=O)CO)C(c1cn(-c2cc(F)ccc2F)nc1Cc1ccccc1)C(C)(C)C)C(=O)O. The van der Waals surface area contributed by atoms with Gasteiger partial charge in [0.15, 0.2) is 0 Å². The highest BCUT2D eigenvalue weighted by Gasteiger charge is 2.38. The summed E-state index contributed by atoms with van der Waals surface area (Å²) < 4.78 is 35.4. The van der Waals surface area contributed by atoms with Gasteiger partial charge in [0.05, 0.1) is 11.7 Å². The number of aliphatic hydroxyl groups is 1. The van der Waals surface area contributed by atoms with Gasteiger partial charge in [-0.15, -0.1) is 0 Å². The first-order chi connectivity index (χ1) is 20.5. The van der Waals surface area contributed by atoms with E-state index in [-0.39, 0.29) is 25.1 Å². The molecule has 0 bridgehead atoms. The molecule has 44 heavy (non-hydrogen) atoms. The first-order valence-corrected chi connectivity index (χ1v) is 14.2. The zero-order valence-corrected chi connectivity index (χ0v) is 25.8. The van der Waals surface area contributed by atoms with E-state index in [1.807, 2.05) is 51.1 Å². The van der Waals surface area contributed by atoms with E-state index in [9.17, 15) is 33.4 Å². The normalized spacial score (nSPS) is 13.2. The predicted octanol–water partition coefficient (Wildman–Crippen LogP) is 5.02. The molecule has 3 aromatic rings. The van der Waals surface area contributed by atoms with Crippen molar-refractivity contribution in [2.75, 3.05) is 13.2 Å². The summed E-state index contributed by atoms with van der Waals surface area (Å²) in [6, 6.07) is 10.1. The number of aromatic nitrogens is 2. The topological polar surface area (TPSA) is 134 Å². The van der Waals surface area contributed by atoms with Gasteiger partial charge in [0, 0.05) is 30.8 Å². The van der Waals surface area contributed by atoms with Crippen molar-refractivity contribution in [2.24, 2.45) is 5.41 Å². The minimum atomic E-state index is -1.41. The van der Waals surface area contributed by atoms with Gasteiger partial charge in [-0.25, -0.2) is 23.1 Å². The van der Waals surface area contributed by atoms with Crippen LogP contribution in [0.2, 0.25) is 0 Å². The molecule has 0 saturated carbocycles. The van der Waals surface area contributed by atoms with Crippen LogP contribution in [0, 0.1) is 17.0 Å². The summed E-state index contributed by atoms with van der Waals surface area (Å²) in [5.74, 6) is -3.40. The lowest BCUT2D eigenvalue weighted by Crippen LogP contribution is -2.48. The van der Waals surface area contributed by atoms with Crippen molar-refractivity contribution in [3.8, 4) is 5.69 Å². The van der Waals surface area contributed by atoms with Crippen LogP contribution in [0.3, 0.4) is 0 Å². The van der Waals surface area contributed by atoms with Gasteiger partial charge >= 0.3 is 12.1 Å². The Balaban J connectivity index is 2.10. The van der Waals surface area contributed by atoms with E-state index < -0.39 is 59.3 Å². The molecule has 0 saturated heterocycles. The van der Waals surface area contributed by atoms with Crippen molar-refractivity contribution in [3.63, 3.8) is 0 Å². The minimum absolute atomic E-state index is 0.134. The Hall–Kier alpha value is -4.32. The van der Waals surface area contributed by atoms with Gasteiger partial charge in [-0.1, -0.05) is 51.1 Å². The van der Waals surface area contributed by atoms with Crippen molar-refractivity contribution in [1.82, 2.24) is 20.0 Å². The fourth-order valence-electron chi connectivity index (χ4n) is 4.93. The van der Waals surface area contributed by atoms with E-state index in [0.717, 1.165) is 23.8 Å². The van der Waals surface area contributed by atoms with E-state index in [1.165, 1.54) is 15.8 Å². The maximum Gasteiger partial charge on any atom is 0.408 e. The Morgan fingerprint density at radius 1 is 1.05 bits per heavy atom. The van der Waals surface area contributed by atoms with Gasteiger partial charge < -0.3 is 25.2 Å². The van der Waals surface area contributed by atoms with Crippen molar-refractivity contribution in [2.45, 2.75) is 72.1 Å². The largest absolute Gasteiger partial charge is 0.480 e. The number of aliphatic hydroxyl groups excluding tert-OH is 1. The zero-order chi connectivity index (χ0) is 32.8. The third kappa shape index (κ3) is 9.09. The van der Waals surface area contributed by atoms with E-state index in [0.29, 0.717) is 11.3 Å². The van der Waals surface area contributed by atoms with Crippen LogP contribution in [-0.2, 0) is 20.7 Å². The first kappa shape index (κ1) is 34.2. The molecule has 1 unspecified atom stereocenters. The number of alkyl carbamates (subject to hydrolysis) is 1. The standard InChI is InChI=1S/C32H40F2N4O6/c1-31(2,3)28(37(27(40)19-39)15-14-24(29(41)42)35-30(43)44-32(4,5)6)22-18-38(26-17-21(33)12-13-23(26)34)36-25(22)16-20-10-8-7-9-11-20/h7-13,17-18,24,28,39H,14-16,19H2,1-6H3,(H,35,43)(H,41,42)/t24-,28?/m0/s1. The number of aliphatic carboxylic acids is 1. The second-order valence-corrected chi connectivity index (χ2v) is 12.6. The molecule has 3 N–H and O–H groups in total. The Morgan fingerprint density at radius 2 is 1.70 bits per heavy atom. The number of nitrogens with one attached hydrogen (secondary N) is 1. The number of hydrogen-bond acceptors (Lipinski definition) is 6. The van der Waals surface area contributed by atoms with Gasteiger partial charge in [-0.2, -0.15) is 5.10 Å². The molecule has 0 radical (unpaired) electrons. The molecule has 0 spiro atoms. The maximum atomic E-state index is 14.9. The van der Waals surface area contributed by atoms with Crippen LogP contribution in [0.4, 0.5) is 13.6 Å². The average molecular weight is 615 g/mol. The summed E-state index contributed by atoms with van der Waals surface area (Å²) in [5.41, 5.74) is 0.127. The molecule has 0 fully saturated rings. The zero-order valence-electron chi connectivity index (χ0n) is 25.8.